The van der Waals surface area contributed by atoms with E-state index in [1.165, 1.54) is 7.11 Å². The third kappa shape index (κ3) is 3.14. The molecule has 0 saturated heterocycles. The number of aromatic hydroxyl groups is 1. The lowest BCUT2D eigenvalue weighted by atomic mass is 10.1. The van der Waals surface area contributed by atoms with E-state index in [4.69, 9.17) is 4.74 Å². The summed E-state index contributed by atoms with van der Waals surface area (Å²) in [5.74, 6) is 0.891. The second kappa shape index (κ2) is 7.40. The Morgan fingerprint density at radius 3 is 2.46 bits per heavy atom. The summed E-state index contributed by atoms with van der Waals surface area (Å²) in [7, 11) is 1.50. The molecule has 0 bridgehead atoms. The topological polar surface area (TPSA) is 64.3 Å². The smallest absolute Gasteiger partial charge is 0.266 e. The summed E-state index contributed by atoms with van der Waals surface area (Å²) in [6, 6.07) is 21.9. The van der Waals surface area contributed by atoms with E-state index in [2.05, 4.69) is 4.98 Å². The Balaban J connectivity index is 1.92. The van der Waals surface area contributed by atoms with Crippen LogP contribution in [0.15, 0.2) is 77.6 Å². The van der Waals surface area contributed by atoms with Crippen LogP contribution in [0.1, 0.15) is 11.4 Å². The van der Waals surface area contributed by atoms with Crippen molar-refractivity contribution in [2.24, 2.45) is 0 Å². The molecule has 5 nitrogen and oxygen atoms in total. The summed E-state index contributed by atoms with van der Waals surface area (Å²) >= 11 is 0. The number of phenols is 1. The van der Waals surface area contributed by atoms with Crippen molar-refractivity contribution >= 4 is 23.1 Å². The van der Waals surface area contributed by atoms with Crippen LogP contribution in [0, 0.1) is 0 Å². The first kappa shape index (κ1) is 17.5. The molecule has 0 radical (unpaired) electrons. The van der Waals surface area contributed by atoms with Crippen molar-refractivity contribution < 1.29 is 9.84 Å². The zero-order valence-corrected chi connectivity index (χ0v) is 15.2. The molecule has 0 atom stereocenters. The molecule has 0 aliphatic heterocycles. The molecule has 0 amide bonds. The Labute approximate surface area is 161 Å². The van der Waals surface area contributed by atoms with Gasteiger partial charge in [0.25, 0.3) is 5.56 Å². The lowest BCUT2D eigenvalue weighted by molar-refractivity contribution is 0.373. The minimum Gasteiger partial charge on any atom is -0.504 e. The third-order valence-electron chi connectivity index (χ3n) is 4.48. The number of aromatic nitrogens is 2. The van der Waals surface area contributed by atoms with E-state index in [0.29, 0.717) is 28.0 Å². The van der Waals surface area contributed by atoms with Crippen LogP contribution in [0.3, 0.4) is 0 Å². The van der Waals surface area contributed by atoms with Gasteiger partial charge in [-0.1, -0.05) is 42.5 Å². The molecule has 0 aliphatic rings. The van der Waals surface area contributed by atoms with Gasteiger partial charge < -0.3 is 9.84 Å². The largest absolute Gasteiger partial charge is 0.504 e. The molecular formula is C23H18N2O3. The minimum atomic E-state index is -0.147. The molecule has 1 heterocycles. The van der Waals surface area contributed by atoms with Gasteiger partial charge in [0.05, 0.1) is 23.7 Å². The Bertz CT molecular complexity index is 1230. The summed E-state index contributed by atoms with van der Waals surface area (Å²) in [4.78, 5) is 17.8. The van der Waals surface area contributed by atoms with Crippen molar-refractivity contribution in [1.29, 1.82) is 0 Å². The highest BCUT2D eigenvalue weighted by Gasteiger charge is 2.11. The molecule has 138 valence electrons. The molecule has 1 aromatic heterocycles. The van der Waals surface area contributed by atoms with Crippen molar-refractivity contribution in [3.63, 3.8) is 0 Å². The average Bonchev–Trinajstić information content (AvgIpc) is 2.74. The molecular weight excluding hydrogens is 352 g/mol. The first-order valence-corrected chi connectivity index (χ1v) is 8.80. The summed E-state index contributed by atoms with van der Waals surface area (Å²) < 4.78 is 6.72. The fraction of sp³-hybridized carbons (Fsp3) is 0.0435. The number of benzene rings is 3. The molecule has 0 saturated carbocycles. The number of nitrogens with zero attached hydrogens (tertiary/aromatic N) is 2. The number of para-hydroxylation sites is 3. The van der Waals surface area contributed by atoms with Gasteiger partial charge in [-0.05, 0) is 42.5 Å². The standard InChI is InChI=1S/C23H18N2O3/c1-28-20-13-7-8-16(22(20)26)14-15-21-24-19-12-6-5-11-18(19)23(27)25(21)17-9-3-2-4-10-17/h2-15,26H,1H3. The van der Waals surface area contributed by atoms with Crippen LogP contribution in [0.5, 0.6) is 11.5 Å². The molecule has 0 spiro atoms. The molecule has 3 aromatic carbocycles. The maximum atomic E-state index is 13.1. The number of rotatable bonds is 4. The number of ether oxygens (including phenoxy) is 1. The molecule has 0 unspecified atom stereocenters. The van der Waals surface area contributed by atoms with E-state index >= 15 is 0 Å². The highest BCUT2D eigenvalue weighted by Crippen LogP contribution is 2.30. The van der Waals surface area contributed by atoms with Gasteiger partial charge in [-0.25, -0.2) is 4.98 Å². The van der Waals surface area contributed by atoms with Crippen molar-refractivity contribution in [2.45, 2.75) is 0 Å². The Morgan fingerprint density at radius 2 is 1.68 bits per heavy atom. The maximum absolute atomic E-state index is 13.1. The Hall–Kier alpha value is -3.86. The van der Waals surface area contributed by atoms with Crippen LogP contribution in [0.25, 0.3) is 28.7 Å². The monoisotopic (exact) mass is 370 g/mol. The average molecular weight is 370 g/mol. The van der Waals surface area contributed by atoms with Crippen molar-refractivity contribution in [1.82, 2.24) is 9.55 Å². The first-order valence-electron chi connectivity index (χ1n) is 8.80. The van der Waals surface area contributed by atoms with Gasteiger partial charge in [-0.15, -0.1) is 0 Å². The van der Waals surface area contributed by atoms with Gasteiger partial charge in [-0.3, -0.25) is 9.36 Å². The van der Waals surface area contributed by atoms with Gasteiger partial charge in [0, 0.05) is 5.56 Å². The molecule has 5 heteroatoms. The normalized spacial score (nSPS) is 11.2. The second-order valence-electron chi connectivity index (χ2n) is 6.19. The quantitative estimate of drug-likeness (QED) is 0.583. The first-order chi connectivity index (χ1) is 13.7. The second-order valence-corrected chi connectivity index (χ2v) is 6.19. The highest BCUT2D eigenvalue weighted by molar-refractivity contribution is 5.80. The SMILES string of the molecule is COc1cccc(C=Cc2nc3ccccc3c(=O)n2-c2ccccc2)c1O. The van der Waals surface area contributed by atoms with E-state index < -0.39 is 0 Å². The van der Waals surface area contributed by atoms with Gasteiger partial charge in [0.2, 0.25) is 0 Å². The van der Waals surface area contributed by atoms with Crippen LogP contribution in [-0.4, -0.2) is 21.8 Å². The van der Waals surface area contributed by atoms with Crippen LogP contribution in [0.4, 0.5) is 0 Å². The third-order valence-corrected chi connectivity index (χ3v) is 4.48. The van der Waals surface area contributed by atoms with Crippen LogP contribution >= 0.6 is 0 Å². The van der Waals surface area contributed by atoms with Crippen LogP contribution < -0.4 is 10.3 Å². The molecule has 0 fully saturated rings. The minimum absolute atomic E-state index is 0.0376. The highest BCUT2D eigenvalue weighted by atomic mass is 16.5. The van der Waals surface area contributed by atoms with Gasteiger partial charge >= 0.3 is 0 Å². The number of methoxy groups -OCH3 is 1. The van der Waals surface area contributed by atoms with Gasteiger partial charge in [-0.2, -0.15) is 0 Å². The molecule has 28 heavy (non-hydrogen) atoms. The van der Waals surface area contributed by atoms with Crippen molar-refractivity contribution in [2.75, 3.05) is 7.11 Å². The Morgan fingerprint density at radius 1 is 0.929 bits per heavy atom. The summed E-state index contributed by atoms with van der Waals surface area (Å²) in [6.45, 7) is 0. The van der Waals surface area contributed by atoms with E-state index in [-0.39, 0.29) is 11.3 Å². The maximum Gasteiger partial charge on any atom is 0.266 e. The van der Waals surface area contributed by atoms with E-state index in [9.17, 15) is 9.90 Å². The zero-order valence-electron chi connectivity index (χ0n) is 15.2. The lowest BCUT2D eigenvalue weighted by Gasteiger charge is -2.11. The summed E-state index contributed by atoms with van der Waals surface area (Å²) in [6.07, 6.45) is 3.43. The van der Waals surface area contributed by atoms with Crippen molar-refractivity contribution in [3.05, 3.63) is 94.5 Å². The molecule has 1 N–H and O–H groups in total. The van der Waals surface area contributed by atoms with Crippen molar-refractivity contribution in [3.8, 4) is 17.2 Å². The fourth-order valence-electron chi connectivity index (χ4n) is 3.09. The summed E-state index contributed by atoms with van der Waals surface area (Å²) in [5.41, 5.74) is 1.77. The number of hydrogen-bond donors (Lipinski definition) is 1. The van der Waals surface area contributed by atoms with Gasteiger partial charge in [0.1, 0.15) is 5.82 Å². The number of fused-ring (bicyclic) bond motifs is 1. The molecule has 4 rings (SSSR count). The Kier molecular flexibility index (Phi) is 4.64. The number of hydrogen-bond acceptors (Lipinski definition) is 4. The van der Waals surface area contributed by atoms with E-state index in [1.807, 2.05) is 48.5 Å². The fourth-order valence-corrected chi connectivity index (χ4v) is 3.09. The van der Waals surface area contributed by atoms with Crippen LogP contribution in [0.2, 0.25) is 0 Å². The van der Waals surface area contributed by atoms with Crippen LogP contribution in [-0.2, 0) is 0 Å². The predicted octanol–water partition coefficient (Wildman–Crippen LogP) is 4.27. The summed E-state index contributed by atoms with van der Waals surface area (Å²) in [5, 5.41) is 10.9. The number of phenolic OH excluding ortho intramolecular Hbond substituents is 1. The predicted molar refractivity (Wildman–Crippen MR) is 111 cm³/mol. The lowest BCUT2D eigenvalue weighted by Crippen LogP contribution is -2.22. The molecule has 0 aliphatic carbocycles. The van der Waals surface area contributed by atoms with E-state index in [1.54, 1.807) is 41.0 Å². The van der Waals surface area contributed by atoms with E-state index in [0.717, 1.165) is 5.69 Å². The van der Waals surface area contributed by atoms with Gasteiger partial charge in [0.15, 0.2) is 11.5 Å². The zero-order chi connectivity index (χ0) is 19.5. The molecule has 4 aromatic rings.